The molecule has 0 atom stereocenters. The van der Waals surface area contributed by atoms with E-state index in [-0.39, 0.29) is 5.91 Å². The maximum atomic E-state index is 13.8. The highest BCUT2D eigenvalue weighted by Gasteiger charge is 2.25. The van der Waals surface area contributed by atoms with E-state index in [9.17, 15) is 4.79 Å². The molecule has 2 aromatic heterocycles. The van der Waals surface area contributed by atoms with E-state index in [0.29, 0.717) is 18.7 Å². The molecule has 1 saturated heterocycles. The fourth-order valence-electron chi connectivity index (χ4n) is 4.65. The molecule has 172 valence electrons. The van der Waals surface area contributed by atoms with Crippen molar-refractivity contribution in [3.05, 3.63) is 94.1 Å². The first-order chi connectivity index (χ1) is 16.5. The molecule has 0 radical (unpaired) electrons. The third-order valence-corrected chi connectivity index (χ3v) is 6.79. The van der Waals surface area contributed by atoms with E-state index in [1.807, 2.05) is 54.3 Å². The van der Waals surface area contributed by atoms with Crippen molar-refractivity contribution in [2.24, 2.45) is 0 Å². The summed E-state index contributed by atoms with van der Waals surface area (Å²) in [5.41, 5.74) is 6.34. The number of benzene rings is 2. The summed E-state index contributed by atoms with van der Waals surface area (Å²) in [6.45, 7) is 7.87. The second kappa shape index (κ2) is 9.53. The van der Waals surface area contributed by atoms with Gasteiger partial charge in [-0.3, -0.25) is 14.7 Å². The Balaban J connectivity index is 1.43. The van der Waals surface area contributed by atoms with Crippen LogP contribution in [0.4, 0.5) is 0 Å². The molecule has 34 heavy (non-hydrogen) atoms. The van der Waals surface area contributed by atoms with Crippen molar-refractivity contribution in [3.63, 3.8) is 0 Å². The highest BCUT2D eigenvalue weighted by Crippen LogP contribution is 2.28. The van der Waals surface area contributed by atoms with E-state index < -0.39 is 0 Å². The minimum absolute atomic E-state index is 0.0481. The number of halogens is 1. The maximum absolute atomic E-state index is 13.8. The van der Waals surface area contributed by atoms with Gasteiger partial charge in [0.1, 0.15) is 0 Å². The van der Waals surface area contributed by atoms with Crippen LogP contribution in [-0.2, 0) is 6.54 Å². The number of nitrogens with zero attached hydrogens (tertiary/aromatic N) is 4. The topological polar surface area (TPSA) is 49.3 Å². The summed E-state index contributed by atoms with van der Waals surface area (Å²) in [7, 11) is 0. The Bertz CT molecular complexity index is 1350. The zero-order valence-electron chi connectivity index (χ0n) is 19.5. The van der Waals surface area contributed by atoms with Crippen LogP contribution in [0.3, 0.4) is 0 Å². The fourth-order valence-corrected chi connectivity index (χ4v) is 4.85. The van der Waals surface area contributed by atoms with E-state index in [2.05, 4.69) is 35.0 Å². The van der Waals surface area contributed by atoms with Crippen molar-refractivity contribution < 1.29 is 4.79 Å². The lowest BCUT2D eigenvalue weighted by Crippen LogP contribution is -2.48. The van der Waals surface area contributed by atoms with Crippen molar-refractivity contribution >= 4 is 28.4 Å². The van der Waals surface area contributed by atoms with Gasteiger partial charge in [-0.1, -0.05) is 47.5 Å². The third kappa shape index (κ3) is 4.54. The predicted molar refractivity (Wildman–Crippen MR) is 137 cm³/mol. The lowest BCUT2D eigenvalue weighted by Gasteiger charge is -2.35. The molecule has 5 rings (SSSR count). The normalized spacial score (nSPS) is 14.5. The second-order valence-electron chi connectivity index (χ2n) is 8.91. The van der Waals surface area contributed by atoms with Crippen LogP contribution in [0.25, 0.3) is 22.3 Å². The van der Waals surface area contributed by atoms with Crippen LogP contribution in [0, 0.1) is 13.8 Å². The predicted octanol–water partition coefficient (Wildman–Crippen LogP) is 5.53. The second-order valence-corrected chi connectivity index (χ2v) is 9.31. The van der Waals surface area contributed by atoms with Gasteiger partial charge in [-0.25, -0.2) is 4.98 Å². The number of carbonyl (C=O) groups is 1. The van der Waals surface area contributed by atoms with Gasteiger partial charge in [-0.15, -0.1) is 0 Å². The SMILES string of the molecule is Cc1cc(C)c2nc(-c3ccccn3)cc(C(=O)N3CCN(Cc4ccccc4Cl)CC3)c2c1. The molecule has 0 unspecified atom stereocenters. The average Bonchev–Trinajstić information content (AvgIpc) is 2.85. The fraction of sp³-hybridized carbons (Fsp3) is 0.250. The van der Waals surface area contributed by atoms with E-state index in [0.717, 1.165) is 63.6 Å². The van der Waals surface area contributed by atoms with E-state index in [4.69, 9.17) is 16.6 Å². The average molecular weight is 471 g/mol. The molecule has 1 aliphatic rings. The zero-order valence-corrected chi connectivity index (χ0v) is 20.2. The Hall–Kier alpha value is -3.28. The molecule has 0 saturated carbocycles. The van der Waals surface area contributed by atoms with Crippen LogP contribution in [0.2, 0.25) is 5.02 Å². The molecule has 2 aromatic carbocycles. The Morgan fingerprint density at radius 2 is 1.71 bits per heavy atom. The van der Waals surface area contributed by atoms with Crippen molar-refractivity contribution in [2.75, 3.05) is 26.2 Å². The lowest BCUT2D eigenvalue weighted by atomic mass is 9.99. The van der Waals surface area contributed by atoms with Gasteiger partial charge in [0.15, 0.2) is 0 Å². The highest BCUT2D eigenvalue weighted by molar-refractivity contribution is 6.31. The van der Waals surface area contributed by atoms with Gasteiger partial charge in [0.05, 0.1) is 22.5 Å². The molecule has 4 aromatic rings. The van der Waals surface area contributed by atoms with E-state index in [1.54, 1.807) is 6.20 Å². The Kier molecular flexibility index (Phi) is 6.31. The molecule has 1 amide bonds. The smallest absolute Gasteiger partial charge is 0.254 e. The number of aromatic nitrogens is 2. The summed E-state index contributed by atoms with van der Waals surface area (Å²) >= 11 is 6.35. The van der Waals surface area contributed by atoms with Gasteiger partial charge in [0.2, 0.25) is 0 Å². The van der Waals surface area contributed by atoms with Gasteiger partial charge < -0.3 is 4.90 Å². The molecular formula is C28H27ClN4O. The van der Waals surface area contributed by atoms with Gasteiger partial charge >= 0.3 is 0 Å². The molecule has 1 aliphatic heterocycles. The molecule has 0 bridgehead atoms. The molecule has 0 N–H and O–H groups in total. The van der Waals surface area contributed by atoms with Gasteiger partial charge in [-0.05, 0) is 55.3 Å². The molecule has 5 nitrogen and oxygen atoms in total. The first kappa shape index (κ1) is 22.5. The van der Waals surface area contributed by atoms with E-state index in [1.165, 1.54) is 0 Å². The summed E-state index contributed by atoms with van der Waals surface area (Å²) in [6, 6.07) is 19.8. The first-order valence-electron chi connectivity index (χ1n) is 11.6. The van der Waals surface area contributed by atoms with Crippen molar-refractivity contribution in [1.82, 2.24) is 19.8 Å². The zero-order chi connectivity index (χ0) is 23.7. The number of hydrogen-bond donors (Lipinski definition) is 0. The Labute approximate surface area is 205 Å². The largest absolute Gasteiger partial charge is 0.336 e. The minimum Gasteiger partial charge on any atom is -0.336 e. The molecule has 3 heterocycles. The third-order valence-electron chi connectivity index (χ3n) is 6.42. The standard InChI is InChI=1S/C28H27ClN4O/c1-19-15-20(2)27-22(16-19)23(17-26(31-27)25-9-5-6-10-30-25)28(34)33-13-11-32(12-14-33)18-21-7-3-4-8-24(21)29/h3-10,15-17H,11-14,18H2,1-2H3. The highest BCUT2D eigenvalue weighted by atomic mass is 35.5. The van der Waals surface area contributed by atoms with E-state index >= 15 is 0 Å². The first-order valence-corrected chi connectivity index (χ1v) is 12.0. The molecule has 0 spiro atoms. The van der Waals surface area contributed by atoms with Gasteiger partial charge in [-0.2, -0.15) is 0 Å². The summed E-state index contributed by atoms with van der Waals surface area (Å²) in [5.74, 6) is 0.0481. The molecule has 6 heteroatoms. The molecule has 0 aliphatic carbocycles. The molecule has 1 fully saturated rings. The van der Waals surface area contributed by atoms with Crippen molar-refractivity contribution in [2.45, 2.75) is 20.4 Å². The lowest BCUT2D eigenvalue weighted by molar-refractivity contribution is 0.0630. The quantitative estimate of drug-likeness (QED) is 0.393. The Morgan fingerprint density at radius 3 is 2.44 bits per heavy atom. The monoisotopic (exact) mass is 470 g/mol. The van der Waals surface area contributed by atoms with Crippen LogP contribution in [-0.4, -0.2) is 51.9 Å². The van der Waals surface area contributed by atoms with Gasteiger partial charge in [0, 0.05) is 49.3 Å². The summed E-state index contributed by atoms with van der Waals surface area (Å²) in [4.78, 5) is 27.4. The summed E-state index contributed by atoms with van der Waals surface area (Å²) < 4.78 is 0. The molecular weight excluding hydrogens is 444 g/mol. The Morgan fingerprint density at radius 1 is 0.941 bits per heavy atom. The number of aryl methyl sites for hydroxylation is 2. The number of piperazine rings is 1. The summed E-state index contributed by atoms with van der Waals surface area (Å²) in [6.07, 6.45) is 1.75. The number of rotatable bonds is 4. The van der Waals surface area contributed by atoms with Crippen molar-refractivity contribution in [3.8, 4) is 11.4 Å². The van der Waals surface area contributed by atoms with Crippen LogP contribution in [0.15, 0.2) is 66.9 Å². The minimum atomic E-state index is 0.0481. The maximum Gasteiger partial charge on any atom is 0.254 e. The number of pyridine rings is 2. The summed E-state index contributed by atoms with van der Waals surface area (Å²) in [5, 5.41) is 1.69. The number of fused-ring (bicyclic) bond motifs is 1. The van der Waals surface area contributed by atoms with Crippen LogP contribution in [0.5, 0.6) is 0 Å². The van der Waals surface area contributed by atoms with Gasteiger partial charge in [0.25, 0.3) is 5.91 Å². The van der Waals surface area contributed by atoms with Crippen LogP contribution >= 0.6 is 11.6 Å². The number of carbonyl (C=O) groups excluding carboxylic acids is 1. The van der Waals surface area contributed by atoms with Crippen LogP contribution < -0.4 is 0 Å². The number of hydrogen-bond acceptors (Lipinski definition) is 4. The van der Waals surface area contributed by atoms with Crippen LogP contribution in [0.1, 0.15) is 27.0 Å². The number of amides is 1. The van der Waals surface area contributed by atoms with Crippen molar-refractivity contribution in [1.29, 1.82) is 0 Å².